The minimum Gasteiger partial charge on any atom is -0.394 e. The molecule has 0 radical (unpaired) electrons. The van der Waals surface area contributed by atoms with E-state index in [2.05, 4.69) is 10.3 Å². The van der Waals surface area contributed by atoms with Crippen LogP contribution in [0.3, 0.4) is 0 Å². The molecule has 3 N–H and O–H groups in total. The summed E-state index contributed by atoms with van der Waals surface area (Å²) in [4.78, 5) is 17.3. The van der Waals surface area contributed by atoms with E-state index in [1.165, 1.54) is 11.3 Å². The monoisotopic (exact) mass is 297 g/mol. The smallest absolute Gasteiger partial charge is 0.226 e. The highest BCUT2D eigenvalue weighted by Crippen LogP contribution is 2.17. The van der Waals surface area contributed by atoms with Gasteiger partial charge in [0.25, 0.3) is 0 Å². The first-order valence-corrected chi connectivity index (χ1v) is 7.36. The van der Waals surface area contributed by atoms with E-state index < -0.39 is 5.54 Å². The van der Waals surface area contributed by atoms with Crippen LogP contribution in [0.2, 0.25) is 0 Å². The van der Waals surface area contributed by atoms with Crippen molar-refractivity contribution in [2.45, 2.75) is 32.2 Å². The van der Waals surface area contributed by atoms with Crippen LogP contribution in [-0.4, -0.2) is 44.3 Å². The molecule has 0 aromatic carbocycles. The number of aromatic nitrogens is 2. The van der Waals surface area contributed by atoms with Crippen LogP contribution in [0, 0.1) is 6.92 Å². The maximum absolute atomic E-state index is 12.1. The van der Waals surface area contributed by atoms with E-state index in [-0.39, 0.29) is 25.5 Å². The fraction of sp³-hybridized carbons (Fsp3) is 0.538. The predicted octanol–water partition coefficient (Wildman–Crippen LogP) is 0.496. The molecule has 110 valence electrons. The van der Waals surface area contributed by atoms with E-state index >= 15 is 0 Å². The molecular formula is C13H19N3O3S. The second-order valence-electron chi connectivity index (χ2n) is 4.94. The Balaban J connectivity index is 2.11. The molecule has 0 fully saturated rings. The zero-order valence-electron chi connectivity index (χ0n) is 11.6. The van der Waals surface area contributed by atoms with Crippen LogP contribution in [0.25, 0.3) is 4.96 Å². The largest absolute Gasteiger partial charge is 0.394 e. The molecule has 0 atom stereocenters. The number of nitrogens with zero attached hydrogens (tertiary/aromatic N) is 2. The second kappa shape index (κ2) is 5.90. The number of carbonyl (C=O) groups is 1. The summed E-state index contributed by atoms with van der Waals surface area (Å²) >= 11 is 1.49. The molecule has 1 amide bonds. The van der Waals surface area contributed by atoms with E-state index in [4.69, 9.17) is 0 Å². The van der Waals surface area contributed by atoms with E-state index in [1.807, 2.05) is 29.8 Å². The number of aliphatic hydroxyl groups is 2. The Morgan fingerprint density at radius 1 is 1.50 bits per heavy atom. The summed E-state index contributed by atoms with van der Waals surface area (Å²) < 4.78 is 1.89. The molecule has 0 aliphatic heterocycles. The lowest BCUT2D eigenvalue weighted by Crippen LogP contribution is -2.54. The number of hydrogen-bond acceptors (Lipinski definition) is 5. The van der Waals surface area contributed by atoms with Crippen molar-refractivity contribution in [3.8, 4) is 0 Å². The highest BCUT2D eigenvalue weighted by atomic mass is 32.1. The van der Waals surface area contributed by atoms with Crippen LogP contribution in [0.5, 0.6) is 0 Å². The number of hydrogen-bond donors (Lipinski definition) is 3. The molecule has 0 bridgehead atoms. The maximum atomic E-state index is 12.1. The summed E-state index contributed by atoms with van der Waals surface area (Å²) in [5.41, 5.74) is 0.813. The maximum Gasteiger partial charge on any atom is 0.226 e. The molecule has 0 aliphatic rings. The standard InChI is InChI=1S/C13H19N3O3S/c1-3-13(7-17,8-18)15-11(19)4-10-6-20-12-14-9(2)5-16(10)12/h5-6,17-18H,3-4,7-8H2,1-2H3,(H,15,19). The van der Waals surface area contributed by atoms with E-state index in [0.29, 0.717) is 6.42 Å². The summed E-state index contributed by atoms with van der Waals surface area (Å²) in [6.07, 6.45) is 2.55. The third-order valence-corrected chi connectivity index (χ3v) is 4.32. The van der Waals surface area contributed by atoms with Crippen molar-refractivity contribution in [3.63, 3.8) is 0 Å². The Morgan fingerprint density at radius 2 is 2.20 bits per heavy atom. The van der Waals surface area contributed by atoms with E-state index in [0.717, 1.165) is 16.3 Å². The summed E-state index contributed by atoms with van der Waals surface area (Å²) in [5, 5.41) is 23.3. The molecule has 2 heterocycles. The Kier molecular flexibility index (Phi) is 4.42. The Hall–Kier alpha value is -1.44. The minimum absolute atomic E-state index is 0.192. The highest BCUT2D eigenvalue weighted by molar-refractivity contribution is 7.15. The van der Waals surface area contributed by atoms with Crippen molar-refractivity contribution in [2.75, 3.05) is 13.2 Å². The van der Waals surface area contributed by atoms with Crippen molar-refractivity contribution in [2.24, 2.45) is 0 Å². The SMILES string of the molecule is CCC(CO)(CO)NC(=O)Cc1csc2nc(C)cn12. The van der Waals surface area contributed by atoms with Crippen molar-refractivity contribution in [1.82, 2.24) is 14.7 Å². The van der Waals surface area contributed by atoms with Gasteiger partial charge in [-0.1, -0.05) is 6.92 Å². The third-order valence-electron chi connectivity index (χ3n) is 3.43. The second-order valence-corrected chi connectivity index (χ2v) is 5.77. The molecule has 20 heavy (non-hydrogen) atoms. The van der Waals surface area contributed by atoms with Gasteiger partial charge < -0.3 is 15.5 Å². The predicted molar refractivity (Wildman–Crippen MR) is 76.8 cm³/mol. The fourth-order valence-corrected chi connectivity index (χ4v) is 2.93. The van der Waals surface area contributed by atoms with Crippen LogP contribution >= 0.6 is 11.3 Å². The molecule has 7 heteroatoms. The molecule has 0 saturated carbocycles. The number of fused-ring (bicyclic) bond motifs is 1. The van der Waals surface area contributed by atoms with Gasteiger partial charge in [-0.2, -0.15) is 0 Å². The fourth-order valence-electron chi connectivity index (χ4n) is 2.01. The lowest BCUT2D eigenvalue weighted by Gasteiger charge is -2.29. The van der Waals surface area contributed by atoms with Gasteiger partial charge in [-0.25, -0.2) is 4.98 Å². The molecule has 2 aromatic rings. The number of amides is 1. The molecule has 2 rings (SSSR count). The number of imidazole rings is 1. The van der Waals surface area contributed by atoms with Crippen molar-refractivity contribution in [3.05, 3.63) is 23.0 Å². The lowest BCUT2D eigenvalue weighted by molar-refractivity contribution is -0.123. The van der Waals surface area contributed by atoms with Gasteiger partial charge >= 0.3 is 0 Å². The van der Waals surface area contributed by atoms with Gasteiger partial charge in [0.05, 0.1) is 30.9 Å². The van der Waals surface area contributed by atoms with Crippen molar-refractivity contribution < 1.29 is 15.0 Å². The third kappa shape index (κ3) is 2.84. The first-order valence-electron chi connectivity index (χ1n) is 6.48. The molecule has 6 nitrogen and oxygen atoms in total. The summed E-state index contributed by atoms with van der Waals surface area (Å²) in [5.74, 6) is -0.221. The zero-order chi connectivity index (χ0) is 14.8. The number of aryl methyl sites for hydroxylation is 1. The first-order chi connectivity index (χ1) is 9.53. The van der Waals surface area contributed by atoms with E-state index in [1.54, 1.807) is 0 Å². The Morgan fingerprint density at radius 3 is 2.80 bits per heavy atom. The zero-order valence-corrected chi connectivity index (χ0v) is 12.4. The average Bonchev–Trinajstić information content (AvgIpc) is 2.97. The number of nitrogens with one attached hydrogen (secondary N) is 1. The summed E-state index contributed by atoms with van der Waals surface area (Å²) in [6, 6.07) is 0. The minimum atomic E-state index is -0.947. The molecule has 0 saturated heterocycles. The number of carbonyl (C=O) groups excluding carboxylic acids is 1. The van der Waals surface area contributed by atoms with Gasteiger partial charge in [0.15, 0.2) is 4.96 Å². The number of rotatable bonds is 6. The van der Waals surface area contributed by atoms with Crippen molar-refractivity contribution >= 4 is 22.2 Å². The van der Waals surface area contributed by atoms with Crippen LogP contribution < -0.4 is 5.32 Å². The van der Waals surface area contributed by atoms with Gasteiger partial charge in [0, 0.05) is 17.3 Å². The molecule has 0 spiro atoms. The van der Waals surface area contributed by atoms with Crippen LogP contribution in [0.4, 0.5) is 0 Å². The first kappa shape index (κ1) is 15.0. The molecule has 0 unspecified atom stereocenters. The highest BCUT2D eigenvalue weighted by Gasteiger charge is 2.28. The quantitative estimate of drug-likeness (QED) is 0.724. The Labute approximate surface area is 121 Å². The summed E-state index contributed by atoms with van der Waals surface area (Å²) in [7, 11) is 0. The topological polar surface area (TPSA) is 86.9 Å². The van der Waals surface area contributed by atoms with Crippen LogP contribution in [0.1, 0.15) is 24.7 Å². The van der Waals surface area contributed by atoms with Gasteiger partial charge in [-0.3, -0.25) is 9.20 Å². The summed E-state index contributed by atoms with van der Waals surface area (Å²) in [6.45, 7) is 3.15. The molecule has 2 aromatic heterocycles. The van der Waals surface area contributed by atoms with Crippen molar-refractivity contribution in [1.29, 1.82) is 0 Å². The van der Waals surface area contributed by atoms with Gasteiger partial charge in [0.2, 0.25) is 5.91 Å². The van der Waals surface area contributed by atoms with Gasteiger partial charge in [-0.15, -0.1) is 11.3 Å². The Bertz CT molecular complexity index is 593. The van der Waals surface area contributed by atoms with Crippen LogP contribution in [0.15, 0.2) is 11.6 Å². The van der Waals surface area contributed by atoms with E-state index in [9.17, 15) is 15.0 Å². The number of thiazole rings is 1. The molecule has 0 aliphatic carbocycles. The lowest BCUT2D eigenvalue weighted by atomic mass is 9.98. The van der Waals surface area contributed by atoms with Gasteiger partial charge in [0.1, 0.15) is 0 Å². The molecular weight excluding hydrogens is 278 g/mol. The average molecular weight is 297 g/mol. The van der Waals surface area contributed by atoms with Crippen LogP contribution in [-0.2, 0) is 11.2 Å². The van der Waals surface area contributed by atoms with Gasteiger partial charge in [-0.05, 0) is 13.3 Å². The number of aliphatic hydroxyl groups excluding tert-OH is 2. The normalized spacial score (nSPS) is 12.0.